The Morgan fingerprint density at radius 2 is 2.08 bits per heavy atom. The van der Waals surface area contributed by atoms with Crippen LogP contribution in [0.1, 0.15) is 21.8 Å². The number of halogens is 2. The Balaban J connectivity index is 1.59. The first-order valence-corrected chi connectivity index (χ1v) is 8.04. The van der Waals surface area contributed by atoms with E-state index in [2.05, 4.69) is 15.5 Å². The first kappa shape index (κ1) is 17.1. The maximum absolute atomic E-state index is 13.9. The predicted octanol–water partition coefficient (Wildman–Crippen LogP) is 3.81. The van der Waals surface area contributed by atoms with Crippen LogP contribution < -0.4 is 5.32 Å². The van der Waals surface area contributed by atoms with Gasteiger partial charge in [-0.15, -0.1) is 0 Å². The number of nitrogens with zero attached hydrogens (tertiary/aromatic N) is 2. The fraction of sp³-hybridized carbons (Fsp3) is 0.167. The van der Waals surface area contributed by atoms with Gasteiger partial charge in [-0.25, -0.2) is 4.39 Å². The van der Waals surface area contributed by atoms with E-state index in [-0.39, 0.29) is 12.1 Å². The highest BCUT2D eigenvalue weighted by atomic mass is 35.5. The third-order valence-electron chi connectivity index (χ3n) is 3.61. The van der Waals surface area contributed by atoms with Crippen molar-refractivity contribution in [3.63, 3.8) is 0 Å². The van der Waals surface area contributed by atoms with E-state index in [1.165, 1.54) is 6.07 Å². The average molecular weight is 360 g/mol. The predicted molar refractivity (Wildman–Crippen MR) is 91.9 cm³/mol. The molecular weight excluding hydrogens is 345 g/mol. The van der Waals surface area contributed by atoms with Crippen molar-refractivity contribution < 1.29 is 13.7 Å². The van der Waals surface area contributed by atoms with Gasteiger partial charge in [0.1, 0.15) is 5.82 Å². The van der Waals surface area contributed by atoms with Crippen molar-refractivity contribution in [2.24, 2.45) is 0 Å². The Hall–Kier alpha value is -2.73. The van der Waals surface area contributed by atoms with E-state index >= 15 is 0 Å². The van der Waals surface area contributed by atoms with Gasteiger partial charge in [0.25, 0.3) is 5.91 Å². The summed E-state index contributed by atoms with van der Waals surface area (Å²) in [6, 6.07) is 11.8. The van der Waals surface area contributed by atoms with Crippen LogP contribution in [0.25, 0.3) is 11.4 Å². The molecule has 1 aromatic heterocycles. The molecule has 0 spiro atoms. The van der Waals surface area contributed by atoms with E-state index < -0.39 is 11.7 Å². The number of aromatic nitrogens is 2. The fourth-order valence-electron chi connectivity index (χ4n) is 2.30. The Labute approximate surface area is 148 Å². The maximum Gasteiger partial charge on any atom is 0.254 e. The topological polar surface area (TPSA) is 68.0 Å². The van der Waals surface area contributed by atoms with Crippen LogP contribution in [0.4, 0.5) is 4.39 Å². The maximum atomic E-state index is 13.9. The van der Waals surface area contributed by atoms with Crippen molar-refractivity contribution in [2.45, 2.75) is 13.3 Å². The summed E-state index contributed by atoms with van der Waals surface area (Å²) >= 11 is 5.94. The molecule has 0 unspecified atom stereocenters. The average Bonchev–Trinajstić information content (AvgIpc) is 3.06. The zero-order chi connectivity index (χ0) is 17.8. The molecule has 0 aliphatic carbocycles. The Bertz CT molecular complexity index is 911. The summed E-state index contributed by atoms with van der Waals surface area (Å²) in [6.45, 7) is 1.87. The number of nitrogens with one attached hydrogen (secondary N) is 1. The second kappa shape index (κ2) is 7.44. The van der Waals surface area contributed by atoms with Gasteiger partial charge in [0.2, 0.25) is 11.7 Å². The molecule has 0 fully saturated rings. The summed E-state index contributed by atoms with van der Waals surface area (Å²) in [5.41, 5.74) is 1.19. The van der Waals surface area contributed by atoms with E-state index in [0.29, 0.717) is 28.7 Å². The number of carbonyl (C=O) groups excluding carboxylic acids is 1. The molecule has 128 valence electrons. The van der Waals surface area contributed by atoms with Crippen molar-refractivity contribution in [3.8, 4) is 11.4 Å². The van der Waals surface area contributed by atoms with Gasteiger partial charge in [-0.2, -0.15) is 4.98 Å². The molecule has 2 aromatic carbocycles. The van der Waals surface area contributed by atoms with Crippen LogP contribution in [0, 0.1) is 12.7 Å². The fourth-order valence-corrected chi connectivity index (χ4v) is 2.49. The number of carbonyl (C=O) groups is 1. The van der Waals surface area contributed by atoms with Crippen LogP contribution in [0.2, 0.25) is 5.02 Å². The highest BCUT2D eigenvalue weighted by Gasteiger charge is 2.14. The van der Waals surface area contributed by atoms with Gasteiger partial charge < -0.3 is 9.84 Å². The van der Waals surface area contributed by atoms with Gasteiger partial charge >= 0.3 is 0 Å². The Morgan fingerprint density at radius 1 is 1.28 bits per heavy atom. The Morgan fingerprint density at radius 3 is 2.88 bits per heavy atom. The minimum Gasteiger partial charge on any atom is -0.351 e. The highest BCUT2D eigenvalue weighted by molar-refractivity contribution is 6.30. The standard InChI is InChI=1S/C18H15ClFN3O2/c1-11-4-2-7-14(16(11)20)18(24)21-9-8-15-22-17(23-25-15)12-5-3-6-13(19)10-12/h2-7,10H,8-9H2,1H3,(H,21,24). The minimum absolute atomic E-state index is 0.0187. The largest absolute Gasteiger partial charge is 0.351 e. The van der Waals surface area contributed by atoms with E-state index in [4.69, 9.17) is 16.1 Å². The number of amides is 1. The van der Waals surface area contributed by atoms with Crippen molar-refractivity contribution in [1.29, 1.82) is 0 Å². The zero-order valence-corrected chi connectivity index (χ0v) is 14.2. The molecule has 0 aliphatic rings. The molecule has 1 heterocycles. The molecule has 1 N–H and O–H groups in total. The lowest BCUT2D eigenvalue weighted by Crippen LogP contribution is -2.26. The molecule has 3 aromatic rings. The lowest BCUT2D eigenvalue weighted by Gasteiger charge is -2.06. The summed E-state index contributed by atoms with van der Waals surface area (Å²) in [6.07, 6.45) is 0.340. The zero-order valence-electron chi connectivity index (χ0n) is 13.4. The molecule has 0 aliphatic heterocycles. The summed E-state index contributed by atoms with van der Waals surface area (Å²) in [4.78, 5) is 16.3. The van der Waals surface area contributed by atoms with Crippen molar-refractivity contribution in [1.82, 2.24) is 15.5 Å². The molecular formula is C18H15ClFN3O2. The second-order valence-corrected chi connectivity index (χ2v) is 5.90. The molecule has 0 saturated heterocycles. The molecule has 0 bridgehead atoms. The molecule has 5 nitrogen and oxygen atoms in total. The van der Waals surface area contributed by atoms with Crippen LogP contribution in [-0.2, 0) is 6.42 Å². The molecule has 0 radical (unpaired) electrons. The lowest BCUT2D eigenvalue weighted by atomic mass is 10.1. The van der Waals surface area contributed by atoms with E-state index in [9.17, 15) is 9.18 Å². The molecule has 3 rings (SSSR count). The summed E-state index contributed by atoms with van der Waals surface area (Å²) in [7, 11) is 0. The highest BCUT2D eigenvalue weighted by Crippen LogP contribution is 2.20. The summed E-state index contributed by atoms with van der Waals surface area (Å²) < 4.78 is 19.1. The van der Waals surface area contributed by atoms with Crippen LogP contribution >= 0.6 is 11.6 Å². The number of rotatable bonds is 5. The van der Waals surface area contributed by atoms with E-state index in [0.717, 1.165) is 5.56 Å². The molecule has 25 heavy (non-hydrogen) atoms. The molecule has 0 atom stereocenters. The SMILES string of the molecule is Cc1cccc(C(=O)NCCc2nc(-c3cccc(Cl)c3)no2)c1F. The van der Waals surface area contributed by atoms with Crippen molar-refractivity contribution in [2.75, 3.05) is 6.54 Å². The van der Waals surface area contributed by atoms with Crippen molar-refractivity contribution in [3.05, 3.63) is 70.3 Å². The first-order valence-electron chi connectivity index (χ1n) is 7.66. The van der Waals surface area contributed by atoms with Crippen LogP contribution in [0.15, 0.2) is 47.0 Å². The minimum atomic E-state index is -0.513. The quantitative estimate of drug-likeness (QED) is 0.752. The first-order chi connectivity index (χ1) is 12.0. The van der Waals surface area contributed by atoms with E-state index in [1.54, 1.807) is 37.3 Å². The number of aryl methyl sites for hydroxylation is 1. The van der Waals surface area contributed by atoms with Crippen LogP contribution in [-0.4, -0.2) is 22.6 Å². The van der Waals surface area contributed by atoms with Gasteiger partial charge in [-0.05, 0) is 30.7 Å². The van der Waals surface area contributed by atoms with Crippen molar-refractivity contribution >= 4 is 17.5 Å². The number of hydrogen-bond donors (Lipinski definition) is 1. The third-order valence-corrected chi connectivity index (χ3v) is 3.85. The molecule has 1 amide bonds. The Kier molecular flexibility index (Phi) is 5.09. The smallest absolute Gasteiger partial charge is 0.254 e. The number of benzene rings is 2. The summed E-state index contributed by atoms with van der Waals surface area (Å²) in [5, 5.41) is 7.12. The lowest BCUT2D eigenvalue weighted by molar-refractivity contribution is 0.0949. The van der Waals surface area contributed by atoms with Crippen LogP contribution in [0.3, 0.4) is 0 Å². The summed E-state index contributed by atoms with van der Waals surface area (Å²) in [5.74, 6) is -0.189. The van der Waals surface area contributed by atoms with Gasteiger partial charge in [0, 0.05) is 23.6 Å². The molecule has 7 heteroatoms. The monoisotopic (exact) mass is 359 g/mol. The van der Waals surface area contributed by atoms with E-state index in [1.807, 2.05) is 6.07 Å². The van der Waals surface area contributed by atoms with Gasteiger partial charge in [-0.3, -0.25) is 4.79 Å². The normalized spacial score (nSPS) is 10.7. The third kappa shape index (κ3) is 4.03. The second-order valence-electron chi connectivity index (χ2n) is 5.46. The number of hydrogen-bond acceptors (Lipinski definition) is 4. The van der Waals surface area contributed by atoms with Gasteiger partial charge in [0.05, 0.1) is 5.56 Å². The molecule has 0 saturated carbocycles. The van der Waals surface area contributed by atoms with Gasteiger partial charge in [-0.1, -0.05) is 41.0 Å². The van der Waals surface area contributed by atoms with Gasteiger partial charge in [0.15, 0.2) is 0 Å². The van der Waals surface area contributed by atoms with Crippen LogP contribution in [0.5, 0.6) is 0 Å².